The molecule has 1 N–H and O–H groups in total. The molecule has 1 saturated heterocycles. The smallest absolute Gasteiger partial charge is 0.283 e. The first-order valence-corrected chi connectivity index (χ1v) is 7.64. The molecule has 0 aromatic heterocycles. The third kappa shape index (κ3) is 3.52. The maximum atomic E-state index is 12.4. The van der Waals surface area contributed by atoms with Crippen LogP contribution in [0, 0.1) is 10.1 Å². The van der Waals surface area contributed by atoms with Crippen LogP contribution in [0.1, 0.15) is 16.8 Å². The van der Waals surface area contributed by atoms with E-state index in [9.17, 15) is 19.7 Å². The number of thioether (sulfide) groups is 1. The van der Waals surface area contributed by atoms with Gasteiger partial charge in [-0.25, -0.2) is 0 Å². The lowest BCUT2D eigenvalue weighted by molar-refractivity contribution is -0.387. The summed E-state index contributed by atoms with van der Waals surface area (Å²) in [4.78, 5) is 36.3. The topological polar surface area (TPSA) is 92.6 Å². The maximum absolute atomic E-state index is 12.4. The summed E-state index contributed by atoms with van der Waals surface area (Å²) in [6.45, 7) is 0.973. The number of carbonyl (C=O) groups excluding carboxylic acids is 2. The zero-order valence-corrected chi connectivity index (χ0v) is 12.3. The normalized spacial score (nSPS) is 15.3. The average molecular weight is 309 g/mol. The standard InChI is InChI=1S/C13H15N3O4S/c1-21-11-4-3-9(7-10(11)16(19)20)13(18)15-6-2-5-14-12(17)8-15/h3-4,7H,2,5-6,8H2,1H3,(H,14,17). The summed E-state index contributed by atoms with van der Waals surface area (Å²) in [6.07, 6.45) is 2.41. The van der Waals surface area contributed by atoms with Gasteiger partial charge in [-0.2, -0.15) is 0 Å². The molecule has 1 aromatic rings. The van der Waals surface area contributed by atoms with Crippen molar-refractivity contribution in [2.75, 3.05) is 25.9 Å². The average Bonchev–Trinajstić information content (AvgIpc) is 2.70. The van der Waals surface area contributed by atoms with Crippen molar-refractivity contribution in [2.24, 2.45) is 0 Å². The van der Waals surface area contributed by atoms with Gasteiger partial charge >= 0.3 is 0 Å². The molecule has 0 atom stereocenters. The van der Waals surface area contributed by atoms with Crippen molar-refractivity contribution in [3.63, 3.8) is 0 Å². The highest BCUT2D eigenvalue weighted by atomic mass is 32.2. The fraction of sp³-hybridized carbons (Fsp3) is 0.385. The summed E-state index contributed by atoms with van der Waals surface area (Å²) in [5.74, 6) is -0.570. The Bertz CT molecular complexity index is 591. The second-order valence-corrected chi connectivity index (χ2v) is 5.42. The van der Waals surface area contributed by atoms with Crippen LogP contribution in [0.4, 0.5) is 5.69 Å². The number of nitrogens with one attached hydrogen (secondary N) is 1. The van der Waals surface area contributed by atoms with Crippen molar-refractivity contribution >= 4 is 29.3 Å². The van der Waals surface area contributed by atoms with E-state index in [-0.39, 0.29) is 29.6 Å². The highest BCUT2D eigenvalue weighted by Gasteiger charge is 2.23. The van der Waals surface area contributed by atoms with Crippen molar-refractivity contribution < 1.29 is 14.5 Å². The Morgan fingerprint density at radius 3 is 2.90 bits per heavy atom. The van der Waals surface area contributed by atoms with Crippen molar-refractivity contribution in [1.82, 2.24) is 10.2 Å². The summed E-state index contributed by atoms with van der Waals surface area (Å²) in [5, 5.41) is 13.7. The first-order chi connectivity index (χ1) is 10.0. The number of rotatable bonds is 3. The molecule has 7 nitrogen and oxygen atoms in total. The molecule has 0 aliphatic carbocycles. The number of nitro benzene ring substituents is 1. The Labute approximate surface area is 125 Å². The second kappa shape index (κ2) is 6.57. The van der Waals surface area contributed by atoms with Crippen molar-refractivity contribution in [1.29, 1.82) is 0 Å². The predicted molar refractivity (Wildman–Crippen MR) is 78.4 cm³/mol. The molecule has 2 amide bonds. The van der Waals surface area contributed by atoms with Crippen LogP contribution in [0.2, 0.25) is 0 Å². The number of carbonyl (C=O) groups is 2. The molecule has 0 radical (unpaired) electrons. The Kier molecular flexibility index (Phi) is 4.79. The minimum Gasteiger partial charge on any atom is -0.354 e. The molecule has 8 heteroatoms. The second-order valence-electron chi connectivity index (χ2n) is 4.57. The summed E-state index contributed by atoms with van der Waals surface area (Å²) >= 11 is 1.25. The first-order valence-electron chi connectivity index (χ1n) is 6.41. The van der Waals surface area contributed by atoms with E-state index in [1.165, 1.54) is 22.7 Å². The highest BCUT2D eigenvalue weighted by Crippen LogP contribution is 2.28. The molecule has 1 aliphatic heterocycles. The molecule has 2 rings (SSSR count). The van der Waals surface area contributed by atoms with Gasteiger partial charge in [-0.05, 0) is 24.8 Å². The van der Waals surface area contributed by atoms with Crippen molar-refractivity contribution in [3.05, 3.63) is 33.9 Å². The van der Waals surface area contributed by atoms with Gasteiger partial charge in [-0.15, -0.1) is 11.8 Å². The van der Waals surface area contributed by atoms with Gasteiger partial charge < -0.3 is 10.2 Å². The van der Waals surface area contributed by atoms with Crippen LogP contribution < -0.4 is 5.32 Å². The zero-order valence-electron chi connectivity index (χ0n) is 11.5. The Balaban J connectivity index is 2.28. The summed E-state index contributed by atoms with van der Waals surface area (Å²) < 4.78 is 0. The van der Waals surface area contributed by atoms with Crippen LogP contribution in [0.15, 0.2) is 23.1 Å². The Morgan fingerprint density at radius 1 is 1.48 bits per heavy atom. The maximum Gasteiger partial charge on any atom is 0.283 e. The SMILES string of the molecule is CSc1ccc(C(=O)N2CCCNC(=O)C2)cc1[N+](=O)[O-]. The van der Waals surface area contributed by atoms with Crippen LogP contribution in [-0.4, -0.2) is 47.5 Å². The molecule has 112 valence electrons. The van der Waals surface area contributed by atoms with E-state index in [0.29, 0.717) is 24.4 Å². The Hall–Kier alpha value is -2.09. The van der Waals surface area contributed by atoms with Gasteiger partial charge in [-0.3, -0.25) is 19.7 Å². The highest BCUT2D eigenvalue weighted by molar-refractivity contribution is 7.98. The molecule has 0 bridgehead atoms. The minimum atomic E-state index is -0.502. The molecule has 0 spiro atoms. The number of nitrogens with zero attached hydrogens (tertiary/aromatic N) is 2. The van der Waals surface area contributed by atoms with Gasteiger partial charge in [0.15, 0.2) is 0 Å². The van der Waals surface area contributed by atoms with E-state index in [2.05, 4.69) is 5.32 Å². The third-order valence-electron chi connectivity index (χ3n) is 3.17. The number of hydrogen-bond acceptors (Lipinski definition) is 5. The number of nitro groups is 1. The van der Waals surface area contributed by atoms with E-state index in [1.54, 1.807) is 18.4 Å². The van der Waals surface area contributed by atoms with E-state index < -0.39 is 4.92 Å². The molecular weight excluding hydrogens is 294 g/mol. The van der Waals surface area contributed by atoms with Gasteiger partial charge in [0.2, 0.25) is 5.91 Å². The quantitative estimate of drug-likeness (QED) is 0.516. The largest absolute Gasteiger partial charge is 0.354 e. The van der Waals surface area contributed by atoms with E-state index >= 15 is 0 Å². The fourth-order valence-electron chi connectivity index (χ4n) is 2.13. The monoisotopic (exact) mass is 309 g/mol. The summed E-state index contributed by atoms with van der Waals surface area (Å²) in [6, 6.07) is 4.40. The van der Waals surface area contributed by atoms with Crippen molar-refractivity contribution in [2.45, 2.75) is 11.3 Å². The number of hydrogen-bond donors (Lipinski definition) is 1. The molecule has 0 unspecified atom stereocenters. The van der Waals surface area contributed by atoms with Crippen LogP contribution in [-0.2, 0) is 4.79 Å². The Morgan fingerprint density at radius 2 is 2.24 bits per heavy atom. The predicted octanol–water partition coefficient (Wildman–Crippen LogP) is 1.28. The number of benzene rings is 1. The van der Waals surface area contributed by atoms with Crippen LogP contribution >= 0.6 is 11.8 Å². The number of amides is 2. The minimum absolute atomic E-state index is 0.0170. The van der Waals surface area contributed by atoms with Crippen LogP contribution in [0.25, 0.3) is 0 Å². The summed E-state index contributed by atoms with van der Waals surface area (Å²) in [7, 11) is 0. The van der Waals surface area contributed by atoms with E-state index in [1.807, 2.05) is 0 Å². The molecule has 1 aromatic carbocycles. The zero-order chi connectivity index (χ0) is 15.4. The van der Waals surface area contributed by atoms with E-state index in [0.717, 1.165) is 0 Å². The summed E-state index contributed by atoms with van der Waals surface area (Å²) in [5.41, 5.74) is 0.141. The fourth-order valence-corrected chi connectivity index (χ4v) is 2.67. The molecule has 21 heavy (non-hydrogen) atoms. The van der Waals surface area contributed by atoms with Gasteiger partial charge in [0.25, 0.3) is 11.6 Å². The lowest BCUT2D eigenvalue weighted by atomic mass is 10.1. The molecule has 0 saturated carbocycles. The molecular formula is C13H15N3O4S. The third-order valence-corrected chi connectivity index (χ3v) is 3.96. The first kappa shape index (κ1) is 15.3. The molecule has 1 heterocycles. The molecule has 1 aliphatic rings. The lowest BCUT2D eigenvalue weighted by Crippen LogP contribution is -2.37. The van der Waals surface area contributed by atoms with Gasteiger partial charge in [0, 0.05) is 24.7 Å². The molecule has 1 fully saturated rings. The van der Waals surface area contributed by atoms with Gasteiger partial charge in [0.1, 0.15) is 0 Å². The lowest BCUT2D eigenvalue weighted by Gasteiger charge is -2.19. The van der Waals surface area contributed by atoms with Gasteiger partial charge in [-0.1, -0.05) is 0 Å². The van der Waals surface area contributed by atoms with Crippen LogP contribution in [0.5, 0.6) is 0 Å². The van der Waals surface area contributed by atoms with Crippen molar-refractivity contribution in [3.8, 4) is 0 Å². The van der Waals surface area contributed by atoms with Gasteiger partial charge in [0.05, 0.1) is 16.4 Å². The van der Waals surface area contributed by atoms with Crippen LogP contribution in [0.3, 0.4) is 0 Å². The van der Waals surface area contributed by atoms with E-state index in [4.69, 9.17) is 0 Å².